The number of benzene rings is 1. The summed E-state index contributed by atoms with van der Waals surface area (Å²) in [5.74, 6) is -0.317. The monoisotopic (exact) mass is 409 g/mol. The number of rotatable bonds is 6. The van der Waals surface area contributed by atoms with Gasteiger partial charge in [0.05, 0.1) is 0 Å². The van der Waals surface area contributed by atoms with E-state index < -0.39 is 17.5 Å². The normalized spacial score (nSPS) is 20.2. The molecule has 0 spiro atoms. The molecule has 0 radical (unpaired) electrons. The Balaban J connectivity index is 2.03. The molecule has 1 saturated heterocycles. The summed E-state index contributed by atoms with van der Waals surface area (Å²) in [7, 11) is 0. The second-order valence-electron chi connectivity index (χ2n) is 7.09. The summed E-state index contributed by atoms with van der Waals surface area (Å²) in [5.41, 5.74) is 0.610. The van der Waals surface area contributed by atoms with E-state index in [1.165, 1.54) is 0 Å². The van der Waals surface area contributed by atoms with Crippen molar-refractivity contribution in [3.63, 3.8) is 0 Å². The molecule has 0 saturated carbocycles. The maximum absolute atomic E-state index is 12.6. The van der Waals surface area contributed by atoms with Crippen molar-refractivity contribution in [2.45, 2.75) is 46.1 Å². The number of hydrogen-bond acceptors (Lipinski definition) is 3. The lowest BCUT2D eigenvalue weighted by atomic mass is 9.92. The van der Waals surface area contributed by atoms with Crippen molar-refractivity contribution in [1.29, 1.82) is 0 Å². The molecule has 2 rings (SSSR count). The number of nitrogens with one attached hydrogen (secondary N) is 2. The highest BCUT2D eigenvalue weighted by atomic mass is 79.9. The zero-order valence-electron chi connectivity index (χ0n) is 15.0. The van der Waals surface area contributed by atoms with Gasteiger partial charge in [-0.05, 0) is 56.4 Å². The Labute approximate surface area is 156 Å². The molecule has 1 heterocycles. The number of nitrogens with zero attached hydrogens (tertiary/aromatic N) is 1. The van der Waals surface area contributed by atoms with E-state index in [0.29, 0.717) is 18.0 Å². The summed E-state index contributed by atoms with van der Waals surface area (Å²) in [5, 5.41) is 5.47. The predicted octanol–water partition coefficient (Wildman–Crippen LogP) is 3.44. The number of halogens is 1. The van der Waals surface area contributed by atoms with Gasteiger partial charge in [0.25, 0.3) is 5.91 Å². The molecule has 7 heteroatoms. The Hall–Kier alpha value is -1.89. The number of hydrogen-bond donors (Lipinski definition) is 2. The molecule has 1 aromatic rings. The fourth-order valence-corrected chi connectivity index (χ4v) is 3.21. The van der Waals surface area contributed by atoms with Crippen molar-refractivity contribution >= 4 is 39.5 Å². The third-order valence-corrected chi connectivity index (χ3v) is 4.82. The van der Waals surface area contributed by atoms with Crippen LogP contribution in [0.1, 0.15) is 39.2 Å². The van der Waals surface area contributed by atoms with Crippen molar-refractivity contribution in [3.8, 4) is 0 Å². The molecule has 25 heavy (non-hydrogen) atoms. The highest BCUT2D eigenvalue weighted by molar-refractivity contribution is 9.10. The molecule has 136 valence electrons. The lowest BCUT2D eigenvalue weighted by molar-refractivity contribution is -0.133. The summed E-state index contributed by atoms with van der Waals surface area (Å²) in [6, 6.07) is 4.96. The average molecular weight is 410 g/mol. The molecule has 2 N–H and O–H groups in total. The molecular formula is C18H24BrN3O3. The summed E-state index contributed by atoms with van der Waals surface area (Å²) < 4.78 is 0.915. The molecule has 1 atom stereocenters. The van der Waals surface area contributed by atoms with Gasteiger partial charge in [-0.15, -0.1) is 0 Å². The molecule has 1 aliphatic rings. The molecule has 6 nitrogen and oxygen atoms in total. The van der Waals surface area contributed by atoms with Crippen molar-refractivity contribution < 1.29 is 14.4 Å². The van der Waals surface area contributed by atoms with Gasteiger partial charge < -0.3 is 10.6 Å². The Bertz CT molecular complexity index is 705. The Kier molecular flexibility index (Phi) is 5.87. The van der Waals surface area contributed by atoms with Crippen LogP contribution in [0.5, 0.6) is 0 Å². The fraction of sp³-hybridized carbons (Fsp3) is 0.500. The minimum atomic E-state index is -0.935. The van der Waals surface area contributed by atoms with Gasteiger partial charge in [0.1, 0.15) is 12.1 Å². The Morgan fingerprint density at radius 3 is 2.64 bits per heavy atom. The topological polar surface area (TPSA) is 78.5 Å². The van der Waals surface area contributed by atoms with Crippen LogP contribution in [0.4, 0.5) is 10.5 Å². The SMILES string of the molecule is Cc1cc(Br)ccc1NC(=O)CN1C(=O)N[C@@](C)(CCC(C)C)C1=O. The number of urea groups is 1. The van der Waals surface area contributed by atoms with E-state index in [1.54, 1.807) is 13.0 Å². The van der Waals surface area contributed by atoms with Gasteiger partial charge in [-0.3, -0.25) is 14.5 Å². The maximum atomic E-state index is 12.6. The molecule has 0 aliphatic carbocycles. The van der Waals surface area contributed by atoms with E-state index in [0.717, 1.165) is 21.4 Å². The second-order valence-corrected chi connectivity index (χ2v) is 8.01. The summed E-state index contributed by atoms with van der Waals surface area (Å²) in [6.07, 6.45) is 1.37. The van der Waals surface area contributed by atoms with Crippen molar-refractivity contribution in [2.75, 3.05) is 11.9 Å². The summed E-state index contributed by atoms with van der Waals surface area (Å²) >= 11 is 3.37. The largest absolute Gasteiger partial charge is 0.325 e. The van der Waals surface area contributed by atoms with E-state index in [2.05, 4.69) is 40.4 Å². The number of carbonyl (C=O) groups excluding carboxylic acids is 3. The molecule has 4 amide bonds. The fourth-order valence-electron chi connectivity index (χ4n) is 2.74. The van der Waals surface area contributed by atoms with E-state index in [4.69, 9.17) is 0 Å². The second kappa shape index (κ2) is 7.56. The van der Waals surface area contributed by atoms with Crippen LogP contribution in [0, 0.1) is 12.8 Å². The zero-order valence-corrected chi connectivity index (χ0v) is 16.6. The first-order valence-electron chi connectivity index (χ1n) is 8.32. The zero-order chi connectivity index (χ0) is 18.8. The van der Waals surface area contributed by atoms with Gasteiger partial charge in [0, 0.05) is 10.2 Å². The third-order valence-electron chi connectivity index (χ3n) is 4.33. The van der Waals surface area contributed by atoms with E-state index in [1.807, 2.05) is 19.1 Å². The molecular weight excluding hydrogens is 386 g/mol. The van der Waals surface area contributed by atoms with Gasteiger partial charge in [0.15, 0.2) is 0 Å². The van der Waals surface area contributed by atoms with Gasteiger partial charge in [-0.1, -0.05) is 29.8 Å². The lowest BCUT2D eigenvalue weighted by Gasteiger charge is -2.22. The van der Waals surface area contributed by atoms with Crippen LogP contribution < -0.4 is 10.6 Å². The van der Waals surface area contributed by atoms with Crippen LogP contribution in [0.3, 0.4) is 0 Å². The van der Waals surface area contributed by atoms with Crippen LogP contribution in [0.15, 0.2) is 22.7 Å². The quantitative estimate of drug-likeness (QED) is 0.706. The number of imide groups is 1. The van der Waals surface area contributed by atoms with Gasteiger partial charge in [-0.25, -0.2) is 4.79 Å². The highest BCUT2D eigenvalue weighted by Gasteiger charge is 2.47. The van der Waals surface area contributed by atoms with E-state index in [9.17, 15) is 14.4 Å². The minimum absolute atomic E-state index is 0.294. The first-order chi connectivity index (χ1) is 11.6. The smallest absolute Gasteiger partial charge is 0.324 e. The molecule has 1 aromatic carbocycles. The maximum Gasteiger partial charge on any atom is 0.325 e. The lowest BCUT2D eigenvalue weighted by Crippen LogP contribution is -2.44. The summed E-state index contributed by atoms with van der Waals surface area (Å²) in [6.45, 7) is 7.42. The average Bonchev–Trinajstić information content (AvgIpc) is 2.72. The molecule has 0 bridgehead atoms. The number of amides is 4. The van der Waals surface area contributed by atoms with Crippen LogP contribution in [0.25, 0.3) is 0 Å². The van der Waals surface area contributed by atoms with Crippen LogP contribution >= 0.6 is 15.9 Å². The van der Waals surface area contributed by atoms with E-state index >= 15 is 0 Å². The van der Waals surface area contributed by atoms with Crippen LogP contribution in [-0.4, -0.2) is 34.8 Å². The van der Waals surface area contributed by atoms with Crippen molar-refractivity contribution in [3.05, 3.63) is 28.2 Å². The van der Waals surface area contributed by atoms with Crippen LogP contribution in [0.2, 0.25) is 0 Å². The van der Waals surface area contributed by atoms with Gasteiger partial charge in [-0.2, -0.15) is 0 Å². The van der Waals surface area contributed by atoms with Crippen molar-refractivity contribution in [2.24, 2.45) is 5.92 Å². The Morgan fingerprint density at radius 2 is 2.04 bits per heavy atom. The van der Waals surface area contributed by atoms with Gasteiger partial charge >= 0.3 is 6.03 Å². The predicted molar refractivity (Wildman–Crippen MR) is 100 cm³/mol. The van der Waals surface area contributed by atoms with Crippen LogP contribution in [-0.2, 0) is 9.59 Å². The first kappa shape index (κ1) is 19.4. The minimum Gasteiger partial charge on any atom is -0.324 e. The Morgan fingerprint density at radius 1 is 1.36 bits per heavy atom. The molecule has 0 aromatic heterocycles. The van der Waals surface area contributed by atoms with E-state index in [-0.39, 0.29) is 12.5 Å². The number of aryl methyl sites for hydroxylation is 1. The van der Waals surface area contributed by atoms with Crippen molar-refractivity contribution in [1.82, 2.24) is 10.2 Å². The number of carbonyl (C=O) groups is 3. The third kappa shape index (κ3) is 4.60. The standard InChI is InChI=1S/C18H24BrN3O3/c1-11(2)7-8-18(4)16(24)22(17(25)21-18)10-15(23)20-14-6-5-13(19)9-12(14)3/h5-6,9,11H,7-8,10H2,1-4H3,(H,20,23)(H,21,25)/t18-/m0/s1. The molecule has 1 aliphatic heterocycles. The highest BCUT2D eigenvalue weighted by Crippen LogP contribution is 2.25. The summed E-state index contributed by atoms with van der Waals surface area (Å²) in [4.78, 5) is 38.0. The van der Waals surface area contributed by atoms with Gasteiger partial charge in [0.2, 0.25) is 5.91 Å². The first-order valence-corrected chi connectivity index (χ1v) is 9.12. The molecule has 1 fully saturated rings. The molecule has 0 unspecified atom stereocenters. The number of anilines is 1.